The fraction of sp³-hybridized carbons (Fsp3) is 0.294. The van der Waals surface area contributed by atoms with Gasteiger partial charge in [0.1, 0.15) is 0 Å². The second-order valence-corrected chi connectivity index (χ2v) is 7.49. The Hall–Kier alpha value is -0.520. The predicted octanol–water partition coefficient (Wildman–Crippen LogP) is 4.31. The first-order valence-electron chi connectivity index (χ1n) is 6.91. The molecule has 0 radical (unpaired) electrons. The SMILES string of the molecule is CNC(Cc1ccc(I)cc1)C1CSc2ccccc21. The van der Waals surface area contributed by atoms with E-state index in [1.807, 2.05) is 11.8 Å². The van der Waals surface area contributed by atoms with Crippen molar-refractivity contribution in [2.75, 3.05) is 12.8 Å². The van der Waals surface area contributed by atoms with Crippen molar-refractivity contribution >= 4 is 34.4 Å². The molecule has 0 saturated heterocycles. The average molecular weight is 395 g/mol. The van der Waals surface area contributed by atoms with E-state index in [1.165, 1.54) is 25.3 Å². The Morgan fingerprint density at radius 2 is 1.95 bits per heavy atom. The molecule has 1 nitrogen and oxygen atoms in total. The highest BCUT2D eigenvalue weighted by Crippen LogP contribution is 2.41. The van der Waals surface area contributed by atoms with E-state index in [0.717, 1.165) is 6.42 Å². The maximum absolute atomic E-state index is 3.53. The smallest absolute Gasteiger partial charge is 0.0182 e. The summed E-state index contributed by atoms with van der Waals surface area (Å²) in [5, 5.41) is 3.53. The van der Waals surface area contributed by atoms with Crippen molar-refractivity contribution in [1.82, 2.24) is 5.32 Å². The highest BCUT2D eigenvalue weighted by molar-refractivity contribution is 14.1. The number of rotatable bonds is 4. The van der Waals surface area contributed by atoms with Gasteiger partial charge in [0.05, 0.1) is 0 Å². The zero-order valence-corrected chi connectivity index (χ0v) is 14.4. The third-order valence-corrected chi connectivity index (χ3v) is 5.89. The maximum atomic E-state index is 3.53. The lowest BCUT2D eigenvalue weighted by Gasteiger charge is -2.23. The number of hydrogen-bond donors (Lipinski definition) is 1. The normalized spacial score (nSPS) is 18.8. The first kappa shape index (κ1) is 14.4. The molecule has 3 rings (SSSR count). The van der Waals surface area contributed by atoms with Gasteiger partial charge in [-0.1, -0.05) is 30.3 Å². The minimum atomic E-state index is 0.506. The summed E-state index contributed by atoms with van der Waals surface area (Å²) in [6, 6.07) is 18.2. The van der Waals surface area contributed by atoms with Crippen molar-refractivity contribution in [2.45, 2.75) is 23.3 Å². The second kappa shape index (κ2) is 6.50. The summed E-state index contributed by atoms with van der Waals surface area (Å²) >= 11 is 4.35. The van der Waals surface area contributed by atoms with Crippen LogP contribution in [0.15, 0.2) is 53.4 Å². The molecule has 104 valence electrons. The fourth-order valence-electron chi connectivity index (χ4n) is 2.84. The predicted molar refractivity (Wildman–Crippen MR) is 95.6 cm³/mol. The van der Waals surface area contributed by atoms with Gasteiger partial charge in [-0.15, -0.1) is 11.8 Å². The standard InChI is InChI=1S/C17H18INS/c1-19-16(10-12-6-8-13(18)9-7-12)15-11-20-17-5-3-2-4-14(15)17/h2-9,15-16,19H,10-11H2,1H3. The van der Waals surface area contributed by atoms with Gasteiger partial charge in [0.25, 0.3) is 0 Å². The first-order valence-corrected chi connectivity index (χ1v) is 8.98. The summed E-state index contributed by atoms with van der Waals surface area (Å²) in [4.78, 5) is 1.46. The number of hydrogen-bond acceptors (Lipinski definition) is 2. The van der Waals surface area contributed by atoms with Crippen LogP contribution in [0.5, 0.6) is 0 Å². The van der Waals surface area contributed by atoms with Crippen LogP contribution in [0.2, 0.25) is 0 Å². The molecular formula is C17H18INS. The van der Waals surface area contributed by atoms with Crippen molar-refractivity contribution in [3.63, 3.8) is 0 Å². The van der Waals surface area contributed by atoms with Crippen molar-refractivity contribution in [3.8, 4) is 0 Å². The third-order valence-electron chi connectivity index (χ3n) is 3.96. The molecule has 0 fully saturated rings. The average Bonchev–Trinajstić information content (AvgIpc) is 2.91. The lowest BCUT2D eigenvalue weighted by molar-refractivity contribution is 0.489. The van der Waals surface area contributed by atoms with E-state index in [9.17, 15) is 0 Å². The van der Waals surface area contributed by atoms with Crippen molar-refractivity contribution < 1.29 is 0 Å². The summed E-state index contributed by atoms with van der Waals surface area (Å²) < 4.78 is 1.30. The minimum Gasteiger partial charge on any atom is -0.316 e. The Labute approximate surface area is 138 Å². The van der Waals surface area contributed by atoms with Gasteiger partial charge in [-0.3, -0.25) is 0 Å². The van der Waals surface area contributed by atoms with Gasteiger partial charge in [0.2, 0.25) is 0 Å². The number of likely N-dealkylation sites (N-methyl/N-ethyl adjacent to an activating group) is 1. The lowest BCUT2D eigenvalue weighted by atomic mass is 9.89. The molecule has 2 aromatic carbocycles. The second-order valence-electron chi connectivity index (χ2n) is 5.18. The first-order chi connectivity index (χ1) is 9.78. The Kier molecular flexibility index (Phi) is 4.68. The Balaban J connectivity index is 1.79. The molecule has 0 saturated carbocycles. The van der Waals surface area contributed by atoms with Gasteiger partial charge in [0.15, 0.2) is 0 Å². The van der Waals surface area contributed by atoms with E-state index in [2.05, 4.69) is 83.5 Å². The van der Waals surface area contributed by atoms with Crippen LogP contribution >= 0.6 is 34.4 Å². The Morgan fingerprint density at radius 3 is 2.70 bits per heavy atom. The maximum Gasteiger partial charge on any atom is 0.0182 e. The lowest BCUT2D eigenvalue weighted by Crippen LogP contribution is -2.34. The molecule has 1 aliphatic heterocycles. The van der Waals surface area contributed by atoms with E-state index in [4.69, 9.17) is 0 Å². The summed E-state index contributed by atoms with van der Waals surface area (Å²) in [5.74, 6) is 1.80. The molecule has 0 aromatic heterocycles. The van der Waals surface area contributed by atoms with Gasteiger partial charge in [-0.25, -0.2) is 0 Å². The van der Waals surface area contributed by atoms with Crippen LogP contribution in [-0.2, 0) is 6.42 Å². The van der Waals surface area contributed by atoms with Crippen molar-refractivity contribution in [1.29, 1.82) is 0 Å². The molecule has 3 heteroatoms. The number of benzene rings is 2. The Morgan fingerprint density at radius 1 is 1.20 bits per heavy atom. The fourth-order valence-corrected chi connectivity index (χ4v) is 4.53. The third kappa shape index (κ3) is 3.05. The molecule has 0 bridgehead atoms. The molecule has 0 amide bonds. The zero-order chi connectivity index (χ0) is 13.9. The van der Waals surface area contributed by atoms with Gasteiger partial charge >= 0.3 is 0 Å². The molecule has 1 N–H and O–H groups in total. The van der Waals surface area contributed by atoms with Crippen LogP contribution in [0.3, 0.4) is 0 Å². The highest BCUT2D eigenvalue weighted by Gasteiger charge is 2.29. The summed E-state index contributed by atoms with van der Waals surface area (Å²) in [7, 11) is 2.09. The number of fused-ring (bicyclic) bond motifs is 1. The molecular weight excluding hydrogens is 377 g/mol. The van der Waals surface area contributed by atoms with Crippen LogP contribution in [0, 0.1) is 3.57 Å². The van der Waals surface area contributed by atoms with Gasteiger partial charge in [-0.05, 0) is 65.4 Å². The van der Waals surface area contributed by atoms with Crippen molar-refractivity contribution in [3.05, 3.63) is 63.2 Å². The van der Waals surface area contributed by atoms with Crippen LogP contribution in [0.4, 0.5) is 0 Å². The topological polar surface area (TPSA) is 12.0 Å². The highest BCUT2D eigenvalue weighted by atomic mass is 127. The molecule has 2 aromatic rings. The summed E-state index contributed by atoms with van der Waals surface area (Å²) in [6.07, 6.45) is 1.09. The molecule has 2 unspecified atom stereocenters. The molecule has 2 atom stereocenters. The summed E-state index contributed by atoms with van der Waals surface area (Å²) in [6.45, 7) is 0. The largest absolute Gasteiger partial charge is 0.316 e. The molecule has 1 aliphatic rings. The number of nitrogens with one attached hydrogen (secondary N) is 1. The quantitative estimate of drug-likeness (QED) is 0.775. The minimum absolute atomic E-state index is 0.506. The van der Waals surface area contributed by atoms with Crippen LogP contribution in [0.25, 0.3) is 0 Å². The van der Waals surface area contributed by atoms with E-state index >= 15 is 0 Å². The van der Waals surface area contributed by atoms with Gasteiger partial charge in [0, 0.05) is 26.2 Å². The van der Waals surface area contributed by atoms with E-state index in [-0.39, 0.29) is 0 Å². The molecule has 0 spiro atoms. The number of thioether (sulfide) groups is 1. The summed E-state index contributed by atoms with van der Waals surface area (Å²) in [5.41, 5.74) is 2.93. The van der Waals surface area contributed by atoms with E-state index in [0.29, 0.717) is 12.0 Å². The van der Waals surface area contributed by atoms with Crippen LogP contribution in [-0.4, -0.2) is 18.8 Å². The Bertz CT molecular complexity index is 582. The van der Waals surface area contributed by atoms with Crippen LogP contribution < -0.4 is 5.32 Å². The zero-order valence-electron chi connectivity index (χ0n) is 11.5. The number of halogens is 1. The van der Waals surface area contributed by atoms with Gasteiger partial charge < -0.3 is 5.32 Å². The monoisotopic (exact) mass is 395 g/mol. The van der Waals surface area contributed by atoms with E-state index < -0.39 is 0 Å². The van der Waals surface area contributed by atoms with Crippen molar-refractivity contribution in [2.24, 2.45) is 0 Å². The van der Waals surface area contributed by atoms with Gasteiger partial charge in [-0.2, -0.15) is 0 Å². The molecule has 1 heterocycles. The molecule has 20 heavy (non-hydrogen) atoms. The molecule has 0 aliphatic carbocycles. The van der Waals surface area contributed by atoms with E-state index in [1.54, 1.807) is 0 Å². The van der Waals surface area contributed by atoms with Crippen LogP contribution in [0.1, 0.15) is 17.0 Å².